The first kappa shape index (κ1) is 32.8. The molecular formula is C32H31ClN4O8S. The van der Waals surface area contributed by atoms with E-state index in [0.717, 1.165) is 15.7 Å². The SMILES string of the molecule is CC1=C(C(=O)OCc2ccc([N+](=O)[O-])cc2)N2C(=O)C(NC(=O)[C@H](Cl)N(C(=O)OC(C)(C)C)c3ccc4ccccc4c3)[C@@H]2SC1. The monoisotopic (exact) mass is 666 g/mol. The summed E-state index contributed by atoms with van der Waals surface area (Å²) in [5.74, 6) is -1.67. The van der Waals surface area contributed by atoms with E-state index in [9.17, 15) is 29.3 Å². The molecule has 3 atom stereocenters. The average molecular weight is 667 g/mol. The number of halogens is 1. The van der Waals surface area contributed by atoms with Gasteiger partial charge in [-0.25, -0.2) is 9.59 Å². The number of alkyl halides is 1. The van der Waals surface area contributed by atoms with Crippen molar-refractivity contribution in [3.8, 4) is 0 Å². The normalized spacial score (nSPS) is 18.3. The third kappa shape index (κ3) is 6.80. The zero-order valence-corrected chi connectivity index (χ0v) is 27.0. The number of rotatable bonds is 8. The molecule has 2 aliphatic heterocycles. The predicted molar refractivity (Wildman–Crippen MR) is 173 cm³/mol. The zero-order valence-electron chi connectivity index (χ0n) is 25.4. The van der Waals surface area contributed by atoms with Crippen LogP contribution in [0.15, 0.2) is 78.0 Å². The fourth-order valence-electron chi connectivity index (χ4n) is 5.00. The Morgan fingerprint density at radius 3 is 2.43 bits per heavy atom. The maximum atomic E-state index is 13.5. The predicted octanol–water partition coefficient (Wildman–Crippen LogP) is 5.47. The number of nitro groups is 1. The maximum absolute atomic E-state index is 13.5. The number of β-lactam (4-membered cyclic amide) rings is 1. The lowest BCUT2D eigenvalue weighted by molar-refractivity contribution is -0.384. The topological polar surface area (TPSA) is 148 Å². The van der Waals surface area contributed by atoms with E-state index in [1.807, 2.05) is 24.3 Å². The van der Waals surface area contributed by atoms with Crippen LogP contribution >= 0.6 is 23.4 Å². The molecule has 0 saturated carbocycles. The zero-order chi connectivity index (χ0) is 33.3. The lowest BCUT2D eigenvalue weighted by atomic mass is 10.0. The van der Waals surface area contributed by atoms with E-state index in [1.54, 1.807) is 45.9 Å². The number of hydrogen-bond donors (Lipinski definition) is 1. The number of non-ortho nitro benzene ring substituents is 1. The molecule has 46 heavy (non-hydrogen) atoms. The van der Waals surface area contributed by atoms with Gasteiger partial charge in [0.2, 0.25) is 0 Å². The van der Waals surface area contributed by atoms with Gasteiger partial charge in [-0.2, -0.15) is 0 Å². The Balaban J connectivity index is 1.29. The standard InChI is InChI=1S/C32H31ClN4O8S/c1-18-17-46-29-24(28(39)36(29)25(18)30(40)44-16-19-9-12-22(13-10-19)37(42)43)34-27(38)26(33)35(31(41)45-32(2,3)4)23-14-11-20-7-5-6-8-21(20)15-23/h5-15,24,26,29H,16-17H2,1-4H3,(H,34,38)/t24?,26-,29+/m1/s1. The van der Waals surface area contributed by atoms with Crippen LogP contribution in [0.2, 0.25) is 0 Å². The molecule has 1 N–H and O–H groups in total. The summed E-state index contributed by atoms with van der Waals surface area (Å²) < 4.78 is 11.0. The number of thioether (sulfide) groups is 1. The summed E-state index contributed by atoms with van der Waals surface area (Å²) in [7, 11) is 0. The number of anilines is 1. The molecule has 14 heteroatoms. The molecule has 3 amide bonds. The van der Waals surface area contributed by atoms with Crippen LogP contribution in [-0.4, -0.2) is 62.0 Å². The van der Waals surface area contributed by atoms with Gasteiger partial charge < -0.3 is 14.8 Å². The molecule has 0 radical (unpaired) electrons. The quantitative estimate of drug-likeness (QED) is 0.0825. The van der Waals surface area contributed by atoms with Gasteiger partial charge in [-0.15, -0.1) is 11.8 Å². The van der Waals surface area contributed by atoms with E-state index in [-0.39, 0.29) is 18.0 Å². The number of carbonyl (C=O) groups is 4. The number of amides is 3. The minimum Gasteiger partial charge on any atom is -0.456 e. The molecule has 3 aromatic rings. The molecule has 1 unspecified atom stereocenters. The van der Waals surface area contributed by atoms with Crippen molar-refractivity contribution in [2.24, 2.45) is 0 Å². The third-order valence-corrected chi connectivity index (χ3v) is 9.03. The molecular weight excluding hydrogens is 636 g/mol. The Morgan fingerprint density at radius 2 is 1.78 bits per heavy atom. The number of nitrogens with one attached hydrogen (secondary N) is 1. The van der Waals surface area contributed by atoms with Crippen molar-refractivity contribution in [1.82, 2.24) is 10.2 Å². The minimum absolute atomic E-state index is 0.0788. The Hall–Kier alpha value is -4.62. The highest BCUT2D eigenvalue weighted by atomic mass is 35.5. The summed E-state index contributed by atoms with van der Waals surface area (Å²) in [6, 6.07) is 17.2. The van der Waals surface area contributed by atoms with Crippen molar-refractivity contribution in [1.29, 1.82) is 0 Å². The second-order valence-corrected chi connectivity index (χ2v) is 13.3. The summed E-state index contributed by atoms with van der Waals surface area (Å²) in [5.41, 5.74) is -0.983. The van der Waals surface area contributed by atoms with E-state index >= 15 is 0 Å². The first-order valence-corrected chi connectivity index (χ1v) is 15.7. The van der Waals surface area contributed by atoms with Gasteiger partial charge in [-0.1, -0.05) is 41.9 Å². The van der Waals surface area contributed by atoms with E-state index in [0.29, 0.717) is 22.6 Å². The van der Waals surface area contributed by atoms with Crippen molar-refractivity contribution >= 4 is 69.4 Å². The molecule has 240 valence electrons. The molecule has 5 rings (SSSR count). The minimum atomic E-state index is -1.57. The van der Waals surface area contributed by atoms with Crippen molar-refractivity contribution in [3.63, 3.8) is 0 Å². The molecule has 12 nitrogen and oxygen atoms in total. The van der Waals surface area contributed by atoms with Gasteiger partial charge in [0.05, 0.1) is 4.92 Å². The molecule has 1 fully saturated rings. The lowest BCUT2D eigenvalue weighted by Gasteiger charge is -2.49. The van der Waals surface area contributed by atoms with Crippen LogP contribution in [0.1, 0.15) is 33.3 Å². The van der Waals surface area contributed by atoms with Crippen LogP contribution in [0.4, 0.5) is 16.2 Å². The van der Waals surface area contributed by atoms with Gasteiger partial charge in [-0.05, 0) is 73.9 Å². The summed E-state index contributed by atoms with van der Waals surface area (Å²) in [6.07, 6.45) is -0.844. The Bertz CT molecular complexity index is 1760. The molecule has 0 bridgehead atoms. The number of hydrogen-bond acceptors (Lipinski definition) is 9. The smallest absolute Gasteiger partial charge is 0.416 e. The summed E-state index contributed by atoms with van der Waals surface area (Å²) in [4.78, 5) is 66.0. The van der Waals surface area contributed by atoms with Crippen LogP contribution in [0, 0.1) is 10.1 Å². The van der Waals surface area contributed by atoms with Gasteiger partial charge in [0, 0.05) is 23.6 Å². The van der Waals surface area contributed by atoms with Crippen molar-refractivity contribution in [3.05, 3.63) is 93.7 Å². The first-order valence-electron chi connectivity index (χ1n) is 14.3. The van der Waals surface area contributed by atoms with E-state index in [2.05, 4.69) is 5.32 Å². The first-order chi connectivity index (χ1) is 21.7. The molecule has 0 aliphatic carbocycles. The number of ether oxygens (including phenoxy) is 2. The fourth-order valence-corrected chi connectivity index (χ4v) is 6.55. The number of carbonyl (C=O) groups excluding carboxylic acids is 4. The highest BCUT2D eigenvalue weighted by Crippen LogP contribution is 2.41. The Morgan fingerprint density at radius 1 is 1.11 bits per heavy atom. The molecule has 3 aromatic carbocycles. The molecule has 0 spiro atoms. The van der Waals surface area contributed by atoms with E-state index in [1.165, 1.54) is 40.9 Å². The van der Waals surface area contributed by atoms with Gasteiger partial charge in [-0.3, -0.25) is 29.5 Å². The molecule has 1 saturated heterocycles. The van der Waals surface area contributed by atoms with Gasteiger partial charge in [0.1, 0.15) is 29.3 Å². The van der Waals surface area contributed by atoms with Gasteiger partial charge in [0.25, 0.3) is 17.5 Å². The largest absolute Gasteiger partial charge is 0.456 e. The second kappa shape index (κ2) is 13.0. The molecule has 0 aromatic heterocycles. The van der Waals surface area contributed by atoms with Crippen LogP contribution in [-0.2, 0) is 30.5 Å². The molecule has 2 aliphatic rings. The van der Waals surface area contributed by atoms with Crippen molar-refractivity contribution in [2.45, 2.75) is 56.8 Å². The number of nitrogens with zero attached hydrogens (tertiary/aromatic N) is 3. The second-order valence-electron chi connectivity index (χ2n) is 11.7. The number of fused-ring (bicyclic) bond motifs is 2. The fraction of sp³-hybridized carbons (Fsp3) is 0.312. The Labute approximate surface area is 273 Å². The van der Waals surface area contributed by atoms with Crippen LogP contribution < -0.4 is 10.2 Å². The van der Waals surface area contributed by atoms with Crippen LogP contribution in [0.3, 0.4) is 0 Å². The van der Waals surface area contributed by atoms with E-state index in [4.69, 9.17) is 21.1 Å². The number of esters is 1. The van der Waals surface area contributed by atoms with E-state index < -0.39 is 51.3 Å². The molecule has 2 heterocycles. The van der Waals surface area contributed by atoms with Gasteiger partial charge >= 0.3 is 12.1 Å². The summed E-state index contributed by atoms with van der Waals surface area (Å²) in [6.45, 7) is 6.63. The third-order valence-electron chi connectivity index (χ3n) is 7.21. The summed E-state index contributed by atoms with van der Waals surface area (Å²) >= 11 is 8.00. The maximum Gasteiger partial charge on any atom is 0.416 e. The average Bonchev–Trinajstić information content (AvgIpc) is 3.01. The highest BCUT2D eigenvalue weighted by molar-refractivity contribution is 8.00. The van der Waals surface area contributed by atoms with Crippen molar-refractivity contribution in [2.75, 3.05) is 10.7 Å². The Kier molecular flexibility index (Phi) is 9.27. The summed E-state index contributed by atoms with van der Waals surface area (Å²) in [5, 5.41) is 14.7. The van der Waals surface area contributed by atoms with Crippen LogP contribution in [0.25, 0.3) is 10.8 Å². The van der Waals surface area contributed by atoms with Crippen molar-refractivity contribution < 1.29 is 33.6 Å². The number of benzene rings is 3. The number of nitro benzene ring substituents is 1. The highest BCUT2D eigenvalue weighted by Gasteiger charge is 2.54. The lowest BCUT2D eigenvalue weighted by Crippen LogP contribution is -2.71. The van der Waals surface area contributed by atoms with Gasteiger partial charge in [0.15, 0.2) is 5.50 Å². The van der Waals surface area contributed by atoms with Crippen LogP contribution in [0.5, 0.6) is 0 Å².